The van der Waals surface area contributed by atoms with Crippen LogP contribution in [0, 0.1) is 29.1 Å². The van der Waals surface area contributed by atoms with Crippen LogP contribution >= 0.6 is 0 Å². The monoisotopic (exact) mass is 194 g/mol. The largest absolute Gasteiger partial charge is 0.396 e. The molecule has 4 unspecified atom stereocenters. The molecule has 3 saturated carbocycles. The second-order valence-corrected chi connectivity index (χ2v) is 6.39. The maximum Gasteiger partial charge on any atom is 0.0484 e. The normalized spacial score (nSPS) is 56.1. The second kappa shape index (κ2) is 2.98. The molecule has 0 aromatic heterocycles. The Hall–Kier alpha value is -0.0400. The number of aliphatic hydroxyl groups is 1. The molecule has 14 heavy (non-hydrogen) atoms. The molecule has 0 spiro atoms. The lowest BCUT2D eigenvalue weighted by Crippen LogP contribution is -2.31. The molecular formula is C13H22O. The maximum atomic E-state index is 9.48. The van der Waals surface area contributed by atoms with Crippen LogP contribution in [0.25, 0.3) is 0 Å². The molecule has 0 saturated heterocycles. The van der Waals surface area contributed by atoms with Crippen LogP contribution in [0.4, 0.5) is 0 Å². The molecule has 3 fully saturated rings. The van der Waals surface area contributed by atoms with Crippen molar-refractivity contribution in [1.82, 2.24) is 0 Å². The molecule has 0 heterocycles. The summed E-state index contributed by atoms with van der Waals surface area (Å²) in [5, 5.41) is 9.48. The molecule has 3 aliphatic carbocycles. The van der Waals surface area contributed by atoms with Gasteiger partial charge in [0.1, 0.15) is 0 Å². The Morgan fingerprint density at radius 3 is 2.21 bits per heavy atom. The van der Waals surface area contributed by atoms with Gasteiger partial charge in [0.15, 0.2) is 0 Å². The predicted molar refractivity (Wildman–Crippen MR) is 56.9 cm³/mol. The first-order valence-electron chi connectivity index (χ1n) is 6.33. The molecule has 0 radical (unpaired) electrons. The Labute approximate surface area is 86.9 Å². The zero-order chi connectivity index (χ0) is 9.76. The van der Waals surface area contributed by atoms with E-state index in [0.717, 1.165) is 23.7 Å². The topological polar surface area (TPSA) is 20.2 Å². The van der Waals surface area contributed by atoms with E-state index in [1.54, 1.807) is 0 Å². The quantitative estimate of drug-likeness (QED) is 0.680. The molecule has 0 amide bonds. The molecule has 1 nitrogen and oxygen atoms in total. The first-order valence-corrected chi connectivity index (χ1v) is 6.33. The highest BCUT2D eigenvalue weighted by Gasteiger charge is 2.52. The summed E-state index contributed by atoms with van der Waals surface area (Å²) in [7, 11) is 0. The SMILES string of the molecule is CC1(CO)CC2CC(C1)C1CCCC21. The van der Waals surface area contributed by atoms with E-state index in [1.807, 2.05) is 0 Å². The van der Waals surface area contributed by atoms with Gasteiger partial charge >= 0.3 is 0 Å². The Kier molecular flexibility index (Phi) is 1.96. The highest BCUT2D eigenvalue weighted by Crippen LogP contribution is 2.60. The van der Waals surface area contributed by atoms with Gasteiger partial charge < -0.3 is 5.11 Å². The van der Waals surface area contributed by atoms with Crippen LogP contribution in [0.15, 0.2) is 0 Å². The number of fused-ring (bicyclic) bond motifs is 5. The summed E-state index contributed by atoms with van der Waals surface area (Å²) in [6, 6.07) is 0. The standard InChI is InChI=1S/C13H22O/c1-13(8-14)6-9-5-10(7-13)12-4-2-3-11(9)12/h9-12,14H,2-8H2,1H3. The lowest BCUT2D eigenvalue weighted by atomic mass is 9.69. The van der Waals surface area contributed by atoms with Gasteiger partial charge in [0, 0.05) is 6.61 Å². The minimum Gasteiger partial charge on any atom is -0.396 e. The van der Waals surface area contributed by atoms with E-state index in [-0.39, 0.29) is 5.41 Å². The van der Waals surface area contributed by atoms with Gasteiger partial charge in [-0.15, -0.1) is 0 Å². The summed E-state index contributed by atoms with van der Waals surface area (Å²) < 4.78 is 0. The summed E-state index contributed by atoms with van der Waals surface area (Å²) in [6.07, 6.45) is 8.58. The summed E-state index contributed by atoms with van der Waals surface area (Å²) in [5.74, 6) is 4.04. The zero-order valence-electron chi connectivity index (χ0n) is 9.21. The molecule has 4 atom stereocenters. The molecule has 1 heteroatoms. The molecule has 3 aliphatic rings. The van der Waals surface area contributed by atoms with E-state index < -0.39 is 0 Å². The van der Waals surface area contributed by atoms with Crippen molar-refractivity contribution in [1.29, 1.82) is 0 Å². The van der Waals surface area contributed by atoms with Crippen molar-refractivity contribution in [3.8, 4) is 0 Å². The van der Waals surface area contributed by atoms with Crippen molar-refractivity contribution in [2.75, 3.05) is 6.61 Å². The number of hydrogen-bond donors (Lipinski definition) is 1. The minimum absolute atomic E-state index is 0.276. The van der Waals surface area contributed by atoms with Crippen molar-refractivity contribution < 1.29 is 5.11 Å². The molecule has 0 aromatic carbocycles. The lowest BCUT2D eigenvalue weighted by molar-refractivity contribution is 0.0597. The molecule has 2 bridgehead atoms. The summed E-state index contributed by atoms with van der Waals surface area (Å²) in [6.45, 7) is 2.71. The first kappa shape index (κ1) is 9.21. The lowest BCUT2D eigenvalue weighted by Gasteiger charge is -2.37. The van der Waals surface area contributed by atoms with Crippen molar-refractivity contribution in [3.63, 3.8) is 0 Å². The molecule has 3 rings (SSSR count). The Balaban J connectivity index is 1.84. The average Bonchev–Trinajstić information content (AvgIpc) is 2.72. The summed E-state index contributed by atoms with van der Waals surface area (Å²) >= 11 is 0. The van der Waals surface area contributed by atoms with Gasteiger partial charge in [0.2, 0.25) is 0 Å². The highest BCUT2D eigenvalue weighted by atomic mass is 16.3. The van der Waals surface area contributed by atoms with Crippen LogP contribution in [0.5, 0.6) is 0 Å². The van der Waals surface area contributed by atoms with Crippen LogP contribution in [0.3, 0.4) is 0 Å². The molecular weight excluding hydrogens is 172 g/mol. The first-order chi connectivity index (χ1) is 6.72. The number of rotatable bonds is 1. The van der Waals surface area contributed by atoms with Crippen LogP contribution in [0.2, 0.25) is 0 Å². The van der Waals surface area contributed by atoms with Crippen LogP contribution < -0.4 is 0 Å². The summed E-state index contributed by atoms with van der Waals surface area (Å²) in [5.41, 5.74) is 0.276. The van der Waals surface area contributed by atoms with Gasteiger partial charge in [-0.3, -0.25) is 0 Å². The van der Waals surface area contributed by atoms with Crippen LogP contribution in [-0.2, 0) is 0 Å². The summed E-state index contributed by atoms with van der Waals surface area (Å²) in [4.78, 5) is 0. The van der Waals surface area contributed by atoms with Crippen molar-refractivity contribution >= 4 is 0 Å². The Morgan fingerprint density at radius 1 is 1.14 bits per heavy atom. The molecule has 0 aromatic rings. The number of hydrogen-bond acceptors (Lipinski definition) is 1. The maximum absolute atomic E-state index is 9.48. The molecule has 0 aliphatic heterocycles. The zero-order valence-corrected chi connectivity index (χ0v) is 9.21. The van der Waals surface area contributed by atoms with Crippen LogP contribution in [0.1, 0.15) is 45.4 Å². The third kappa shape index (κ3) is 1.18. The third-order valence-corrected chi connectivity index (χ3v) is 5.33. The van der Waals surface area contributed by atoms with Gasteiger partial charge in [-0.2, -0.15) is 0 Å². The Bertz CT molecular complexity index is 217. The van der Waals surface area contributed by atoms with E-state index >= 15 is 0 Å². The Morgan fingerprint density at radius 2 is 1.71 bits per heavy atom. The van der Waals surface area contributed by atoms with Crippen LogP contribution in [-0.4, -0.2) is 11.7 Å². The van der Waals surface area contributed by atoms with E-state index in [9.17, 15) is 5.11 Å². The van der Waals surface area contributed by atoms with E-state index in [2.05, 4.69) is 6.92 Å². The number of aliphatic hydroxyl groups excluding tert-OH is 1. The second-order valence-electron chi connectivity index (χ2n) is 6.39. The fraction of sp³-hybridized carbons (Fsp3) is 1.00. The molecule has 1 N–H and O–H groups in total. The van der Waals surface area contributed by atoms with Gasteiger partial charge in [-0.05, 0) is 61.2 Å². The molecule has 80 valence electrons. The van der Waals surface area contributed by atoms with Crippen molar-refractivity contribution in [2.24, 2.45) is 29.1 Å². The predicted octanol–water partition coefficient (Wildman–Crippen LogP) is 2.83. The fourth-order valence-electron chi connectivity index (χ4n) is 4.87. The van der Waals surface area contributed by atoms with E-state index in [4.69, 9.17) is 0 Å². The average molecular weight is 194 g/mol. The van der Waals surface area contributed by atoms with Gasteiger partial charge in [0.05, 0.1) is 0 Å². The smallest absolute Gasteiger partial charge is 0.0484 e. The minimum atomic E-state index is 0.276. The fourth-order valence-corrected chi connectivity index (χ4v) is 4.87. The van der Waals surface area contributed by atoms with E-state index in [0.29, 0.717) is 6.61 Å². The van der Waals surface area contributed by atoms with Gasteiger partial charge in [-0.1, -0.05) is 13.3 Å². The third-order valence-electron chi connectivity index (χ3n) is 5.33. The van der Waals surface area contributed by atoms with Gasteiger partial charge in [-0.25, -0.2) is 0 Å². The van der Waals surface area contributed by atoms with E-state index in [1.165, 1.54) is 38.5 Å². The van der Waals surface area contributed by atoms with Crippen molar-refractivity contribution in [2.45, 2.75) is 45.4 Å². The highest BCUT2D eigenvalue weighted by molar-refractivity contribution is 5.02. The van der Waals surface area contributed by atoms with Gasteiger partial charge in [0.25, 0.3) is 0 Å². The van der Waals surface area contributed by atoms with Crippen molar-refractivity contribution in [3.05, 3.63) is 0 Å².